The third kappa shape index (κ3) is 4.90. The van der Waals surface area contributed by atoms with Crippen LogP contribution in [0.1, 0.15) is 25.5 Å². The second-order valence-electron chi connectivity index (χ2n) is 7.15. The lowest BCUT2D eigenvalue weighted by Crippen LogP contribution is -2.53. The van der Waals surface area contributed by atoms with E-state index in [1.54, 1.807) is 0 Å². The van der Waals surface area contributed by atoms with Gasteiger partial charge in [0.25, 0.3) is 0 Å². The van der Waals surface area contributed by atoms with E-state index in [4.69, 9.17) is 0 Å². The average molecular weight is 358 g/mol. The normalized spacial score (nSPS) is 25.2. The number of β-amino-alcohol motifs (C(OH)–C–C–N with tert-alkyl or cyclic N) is 1. The van der Waals surface area contributed by atoms with Gasteiger partial charge < -0.3 is 10.0 Å². The predicted octanol–water partition coefficient (Wildman–Crippen LogP) is 1.13. The number of carbonyl (C=O) groups is 1. The number of hydrogen-bond donors (Lipinski definition) is 1. The fraction of sp³-hybridized carbons (Fsp3) is 0.600. The summed E-state index contributed by atoms with van der Waals surface area (Å²) < 4.78 is 0. The molecule has 1 N–H and O–H groups in total. The Bertz CT molecular complexity index is 599. The molecule has 0 saturated carbocycles. The summed E-state index contributed by atoms with van der Waals surface area (Å²) in [4.78, 5) is 23.2. The van der Waals surface area contributed by atoms with Crippen LogP contribution >= 0.6 is 0 Å². The van der Waals surface area contributed by atoms with Crippen molar-refractivity contribution in [3.05, 3.63) is 42.2 Å². The molecule has 6 nitrogen and oxygen atoms in total. The van der Waals surface area contributed by atoms with Crippen molar-refractivity contribution in [3.8, 4) is 0 Å². The van der Waals surface area contributed by atoms with Crippen molar-refractivity contribution in [2.24, 2.45) is 0 Å². The highest BCUT2D eigenvalue weighted by molar-refractivity contribution is 5.78. The van der Waals surface area contributed by atoms with Crippen LogP contribution in [0.2, 0.25) is 0 Å². The summed E-state index contributed by atoms with van der Waals surface area (Å²) in [5, 5.41) is 10.5. The molecule has 0 spiro atoms. The molecule has 1 aromatic rings. The number of likely N-dealkylation sites (tertiary alicyclic amines) is 1. The lowest BCUT2D eigenvalue weighted by molar-refractivity contribution is -0.129. The summed E-state index contributed by atoms with van der Waals surface area (Å²) in [5.41, 5.74) is 1.10. The minimum atomic E-state index is -0.448. The van der Waals surface area contributed by atoms with Crippen LogP contribution in [0.15, 0.2) is 36.5 Å². The van der Waals surface area contributed by atoms with E-state index in [2.05, 4.69) is 27.8 Å². The lowest BCUT2D eigenvalue weighted by atomic mass is 10.1. The molecular formula is C20H30N4O2. The van der Waals surface area contributed by atoms with Crippen LogP contribution in [-0.2, 0) is 11.3 Å². The van der Waals surface area contributed by atoms with Crippen LogP contribution in [0.5, 0.6) is 0 Å². The number of hydrogen-bond acceptors (Lipinski definition) is 5. The van der Waals surface area contributed by atoms with Crippen molar-refractivity contribution < 1.29 is 9.90 Å². The molecular weight excluding hydrogens is 328 g/mol. The van der Waals surface area contributed by atoms with Crippen molar-refractivity contribution in [1.29, 1.82) is 0 Å². The van der Waals surface area contributed by atoms with Crippen molar-refractivity contribution in [2.75, 3.05) is 39.3 Å². The Hall–Kier alpha value is -1.76. The second kappa shape index (κ2) is 9.26. The summed E-state index contributed by atoms with van der Waals surface area (Å²) in [5.74, 6) is 0.116. The van der Waals surface area contributed by atoms with Gasteiger partial charge in [0.2, 0.25) is 5.91 Å². The van der Waals surface area contributed by atoms with E-state index in [1.165, 1.54) is 0 Å². The molecule has 142 valence electrons. The smallest absolute Gasteiger partial charge is 0.226 e. The maximum absolute atomic E-state index is 12.3. The Morgan fingerprint density at radius 2 is 2.04 bits per heavy atom. The molecule has 2 aliphatic heterocycles. The first-order chi connectivity index (χ1) is 12.7. The van der Waals surface area contributed by atoms with Gasteiger partial charge in [0, 0.05) is 58.4 Å². The molecule has 6 heteroatoms. The fourth-order valence-corrected chi connectivity index (χ4v) is 3.79. The molecule has 1 aromatic heterocycles. The van der Waals surface area contributed by atoms with Crippen molar-refractivity contribution in [2.45, 2.75) is 38.5 Å². The monoisotopic (exact) mass is 358 g/mol. The standard InChI is InChI=1S/C20H30N4O2/c1-2-3-4-8-20(26)24-15-18(19(25)16-24)23-12-10-22(11-13-23)14-17-7-5-6-9-21-17/h3-7,9,18-19,25H,2,8,10-16H2,1H3/b4-3+/t18-,19-/m0/s1. The number of rotatable bonds is 6. The number of aliphatic hydroxyl groups is 1. The molecule has 0 bridgehead atoms. The van der Waals surface area contributed by atoms with E-state index >= 15 is 0 Å². The summed E-state index contributed by atoms with van der Waals surface area (Å²) in [6, 6.07) is 6.08. The summed E-state index contributed by atoms with van der Waals surface area (Å²) in [6.45, 7) is 7.80. The minimum Gasteiger partial charge on any atom is -0.390 e. The highest BCUT2D eigenvalue weighted by atomic mass is 16.3. The topological polar surface area (TPSA) is 59.9 Å². The van der Waals surface area contributed by atoms with Crippen LogP contribution in [0.3, 0.4) is 0 Å². The second-order valence-corrected chi connectivity index (χ2v) is 7.15. The zero-order valence-electron chi connectivity index (χ0n) is 15.6. The third-order valence-electron chi connectivity index (χ3n) is 5.29. The van der Waals surface area contributed by atoms with Crippen LogP contribution in [-0.4, -0.2) is 82.1 Å². The quantitative estimate of drug-likeness (QED) is 0.773. The lowest BCUT2D eigenvalue weighted by Gasteiger charge is -2.38. The molecule has 0 aromatic carbocycles. The molecule has 3 heterocycles. The van der Waals surface area contributed by atoms with Gasteiger partial charge in [-0.05, 0) is 18.6 Å². The van der Waals surface area contributed by atoms with Gasteiger partial charge in [0.1, 0.15) is 0 Å². The first-order valence-corrected chi connectivity index (χ1v) is 9.64. The van der Waals surface area contributed by atoms with Gasteiger partial charge in [-0.1, -0.05) is 25.1 Å². The zero-order chi connectivity index (χ0) is 18.4. The van der Waals surface area contributed by atoms with E-state index in [-0.39, 0.29) is 11.9 Å². The number of aromatic nitrogens is 1. The maximum atomic E-state index is 12.3. The first kappa shape index (κ1) is 19.0. The number of allylic oxidation sites excluding steroid dienone is 1. The van der Waals surface area contributed by atoms with E-state index in [0.29, 0.717) is 19.5 Å². The van der Waals surface area contributed by atoms with E-state index in [9.17, 15) is 9.90 Å². The average Bonchev–Trinajstić information content (AvgIpc) is 3.05. The Balaban J connectivity index is 1.47. The summed E-state index contributed by atoms with van der Waals surface area (Å²) in [7, 11) is 0. The molecule has 3 rings (SSSR count). The first-order valence-electron chi connectivity index (χ1n) is 9.64. The van der Waals surface area contributed by atoms with Crippen LogP contribution in [0, 0.1) is 0 Å². The minimum absolute atomic E-state index is 0.0612. The van der Waals surface area contributed by atoms with Gasteiger partial charge in [-0.25, -0.2) is 0 Å². The Morgan fingerprint density at radius 1 is 1.23 bits per heavy atom. The van der Waals surface area contributed by atoms with E-state index in [0.717, 1.165) is 44.8 Å². The largest absolute Gasteiger partial charge is 0.390 e. The molecule has 2 atom stereocenters. The number of carbonyl (C=O) groups excluding carboxylic acids is 1. The number of nitrogens with zero attached hydrogens (tertiary/aromatic N) is 4. The predicted molar refractivity (Wildman–Crippen MR) is 102 cm³/mol. The molecule has 0 aliphatic carbocycles. The highest BCUT2D eigenvalue weighted by Crippen LogP contribution is 2.19. The summed E-state index contributed by atoms with van der Waals surface area (Å²) >= 11 is 0. The molecule has 0 unspecified atom stereocenters. The number of aliphatic hydroxyl groups excluding tert-OH is 1. The Morgan fingerprint density at radius 3 is 2.73 bits per heavy atom. The zero-order valence-corrected chi connectivity index (χ0v) is 15.6. The van der Waals surface area contributed by atoms with Crippen LogP contribution < -0.4 is 0 Å². The summed E-state index contributed by atoms with van der Waals surface area (Å²) in [6.07, 6.45) is 6.71. The van der Waals surface area contributed by atoms with Crippen molar-refractivity contribution in [3.63, 3.8) is 0 Å². The van der Waals surface area contributed by atoms with Gasteiger partial charge in [-0.15, -0.1) is 0 Å². The third-order valence-corrected chi connectivity index (χ3v) is 5.29. The van der Waals surface area contributed by atoms with Crippen molar-refractivity contribution >= 4 is 5.91 Å². The number of amides is 1. The molecule has 1 amide bonds. The molecule has 0 radical (unpaired) electrons. The van der Waals surface area contributed by atoms with Gasteiger partial charge in [-0.3, -0.25) is 19.6 Å². The number of pyridine rings is 1. The molecule has 2 saturated heterocycles. The van der Waals surface area contributed by atoms with Crippen LogP contribution in [0.25, 0.3) is 0 Å². The maximum Gasteiger partial charge on any atom is 0.226 e. The van der Waals surface area contributed by atoms with Gasteiger partial charge >= 0.3 is 0 Å². The molecule has 2 fully saturated rings. The molecule has 2 aliphatic rings. The Labute approximate surface area is 156 Å². The van der Waals surface area contributed by atoms with Gasteiger partial charge in [0.15, 0.2) is 0 Å². The van der Waals surface area contributed by atoms with E-state index in [1.807, 2.05) is 35.4 Å². The fourth-order valence-electron chi connectivity index (χ4n) is 3.79. The highest BCUT2D eigenvalue weighted by Gasteiger charge is 2.38. The van der Waals surface area contributed by atoms with Gasteiger partial charge in [0.05, 0.1) is 17.8 Å². The molecule has 26 heavy (non-hydrogen) atoms. The van der Waals surface area contributed by atoms with Crippen molar-refractivity contribution in [1.82, 2.24) is 19.7 Å². The van der Waals surface area contributed by atoms with Gasteiger partial charge in [-0.2, -0.15) is 0 Å². The van der Waals surface area contributed by atoms with Crippen LogP contribution in [0.4, 0.5) is 0 Å². The Kier molecular flexibility index (Phi) is 6.77. The van der Waals surface area contributed by atoms with E-state index < -0.39 is 6.10 Å². The number of piperazine rings is 1. The SMILES string of the molecule is CC/C=C/CC(=O)N1C[C@H](O)[C@@H](N2CCN(Cc3ccccn3)CC2)C1.